The number of aryl methyl sites for hydroxylation is 2. The fraction of sp³-hybridized carbons (Fsp3) is 0.365. The molecule has 18 heteroatoms. The smallest absolute Gasteiger partial charge is 0.252 e. The summed E-state index contributed by atoms with van der Waals surface area (Å²) in [5.74, 6) is 3.03. The summed E-state index contributed by atoms with van der Waals surface area (Å²) >= 11 is 0. The van der Waals surface area contributed by atoms with Gasteiger partial charge in [0.05, 0.1) is 60.2 Å². The number of aromatic nitrogens is 9. The maximum absolute atomic E-state index is 14.5. The molecule has 10 rings (SSSR count). The van der Waals surface area contributed by atoms with Crippen molar-refractivity contribution >= 4 is 68.4 Å². The Hall–Kier alpha value is -7.57. The summed E-state index contributed by atoms with van der Waals surface area (Å²) in [6, 6.07) is 20.7. The SMILES string of the molecule is C=C(Cn1c(CNc2nc(N3C[C@@H](C)N[C@@H](C)C3)nc3c(C4CC4)cnn23)nc2cc(C)ccc21)C(=O)Nc1cc(Nc2nccc(-c3cn(C)c4ccccc34)n2)c(OC)cc1N(C)CCN(C)C. The molecule has 2 atom stereocenters. The molecule has 18 nitrogen and oxygen atoms in total. The Balaban J connectivity index is 0.938. The van der Waals surface area contributed by atoms with Gasteiger partial charge in [0.1, 0.15) is 11.6 Å². The molecule has 1 saturated carbocycles. The van der Waals surface area contributed by atoms with E-state index in [0.29, 0.717) is 77.5 Å². The number of likely N-dealkylation sites (N-methyl/N-ethyl adjacent to an activating group) is 2. The standard InChI is InChI=1S/C52H62N16O2/c1-31-14-17-44-40(22-31)57-47(26-54-51-62-52(66-28-33(3)56-34(4)29-66)61-48-37(35-15-16-35)25-55-68(48)51)67(44)27-32(2)49(69)58-41-23-42(46(70-9)24-45(41)64(7)21-20-63(5)6)60-50-53-19-18-39(59-50)38-30-65(8)43-13-11-10-12-36(38)43/h10-14,17-19,22-25,30,33-35,56H,2,15-16,20-21,26-29H2,1,3-9H3,(H,58,69)(H,53,59,60)(H,54,61,62)/t33-,34+. The number of nitrogens with zero attached hydrogens (tertiary/aromatic N) is 12. The average Bonchev–Trinajstić information content (AvgIpc) is 3.88. The number of ether oxygens (including phenoxy) is 1. The number of nitrogens with one attached hydrogen (secondary N) is 4. The zero-order valence-corrected chi connectivity index (χ0v) is 41.3. The lowest BCUT2D eigenvalue weighted by molar-refractivity contribution is -0.113. The molecule has 0 spiro atoms. The summed E-state index contributed by atoms with van der Waals surface area (Å²) in [5, 5.41) is 19.7. The molecule has 2 aliphatic rings. The number of carbonyl (C=O) groups is 1. The van der Waals surface area contributed by atoms with E-state index in [1.165, 1.54) is 0 Å². The van der Waals surface area contributed by atoms with Gasteiger partial charge < -0.3 is 49.8 Å². The minimum atomic E-state index is -0.341. The second kappa shape index (κ2) is 19.1. The Morgan fingerprint density at radius 1 is 0.943 bits per heavy atom. The van der Waals surface area contributed by atoms with Crippen molar-refractivity contribution < 1.29 is 9.53 Å². The number of hydrogen-bond acceptors (Lipinski definition) is 14. The van der Waals surface area contributed by atoms with Crippen molar-refractivity contribution in [3.8, 4) is 17.0 Å². The van der Waals surface area contributed by atoms with Crippen LogP contribution in [0.2, 0.25) is 0 Å². The van der Waals surface area contributed by atoms with Gasteiger partial charge in [-0.1, -0.05) is 30.8 Å². The summed E-state index contributed by atoms with van der Waals surface area (Å²) in [7, 11) is 9.73. The molecule has 3 aromatic carbocycles. The third kappa shape index (κ3) is 9.43. The highest BCUT2D eigenvalue weighted by atomic mass is 16.5. The molecule has 1 aliphatic heterocycles. The molecule has 0 radical (unpaired) electrons. The van der Waals surface area contributed by atoms with E-state index in [9.17, 15) is 4.79 Å². The zero-order chi connectivity index (χ0) is 48.8. The molecule has 70 heavy (non-hydrogen) atoms. The lowest BCUT2D eigenvalue weighted by Gasteiger charge is -2.36. The van der Waals surface area contributed by atoms with Crippen molar-refractivity contribution in [2.75, 3.05) is 80.2 Å². The molecule has 6 heterocycles. The summed E-state index contributed by atoms with van der Waals surface area (Å²) in [5.41, 5.74) is 9.90. The Kier molecular flexibility index (Phi) is 12.6. The number of amides is 1. The maximum atomic E-state index is 14.5. The summed E-state index contributed by atoms with van der Waals surface area (Å²) in [6.45, 7) is 14.3. The van der Waals surface area contributed by atoms with E-state index in [0.717, 1.165) is 88.1 Å². The van der Waals surface area contributed by atoms with Crippen LogP contribution in [0.1, 0.15) is 49.6 Å². The van der Waals surface area contributed by atoms with E-state index in [2.05, 4.69) is 96.4 Å². The van der Waals surface area contributed by atoms with Gasteiger partial charge in [-0.05, 0) is 89.5 Å². The molecule has 4 N–H and O–H groups in total. The van der Waals surface area contributed by atoms with Crippen LogP contribution in [0.4, 0.5) is 34.9 Å². The molecular formula is C52H62N16O2. The van der Waals surface area contributed by atoms with Crippen LogP contribution in [-0.2, 0) is 24.9 Å². The summed E-state index contributed by atoms with van der Waals surface area (Å²) in [6.07, 6.45) is 8.02. The minimum Gasteiger partial charge on any atom is -0.494 e. The van der Waals surface area contributed by atoms with Gasteiger partial charge in [0.25, 0.3) is 5.91 Å². The van der Waals surface area contributed by atoms with Crippen LogP contribution >= 0.6 is 0 Å². The largest absolute Gasteiger partial charge is 0.494 e. The van der Waals surface area contributed by atoms with Gasteiger partial charge in [0.15, 0.2) is 5.65 Å². The number of imidazole rings is 1. The second-order valence-electron chi connectivity index (χ2n) is 19.2. The van der Waals surface area contributed by atoms with Crippen molar-refractivity contribution in [1.82, 2.24) is 53.9 Å². The first-order valence-corrected chi connectivity index (χ1v) is 24.0. The molecule has 1 saturated heterocycles. The third-order valence-electron chi connectivity index (χ3n) is 13.2. The quantitative estimate of drug-likeness (QED) is 0.0667. The molecule has 8 aromatic rings. The van der Waals surface area contributed by atoms with E-state index >= 15 is 0 Å². The number of para-hydroxylation sites is 1. The van der Waals surface area contributed by atoms with E-state index < -0.39 is 0 Å². The van der Waals surface area contributed by atoms with E-state index in [1.54, 1.807) is 13.3 Å². The van der Waals surface area contributed by atoms with Crippen LogP contribution < -0.4 is 35.8 Å². The lowest BCUT2D eigenvalue weighted by atomic mass is 10.1. The van der Waals surface area contributed by atoms with Crippen LogP contribution in [0.3, 0.4) is 0 Å². The predicted octanol–water partition coefficient (Wildman–Crippen LogP) is 7.35. The highest BCUT2D eigenvalue weighted by Gasteiger charge is 2.31. The number of fused-ring (bicyclic) bond motifs is 3. The van der Waals surface area contributed by atoms with E-state index in [-0.39, 0.29) is 12.5 Å². The highest BCUT2D eigenvalue weighted by Crippen LogP contribution is 2.42. The molecule has 2 fully saturated rings. The van der Waals surface area contributed by atoms with Crippen LogP contribution in [0.25, 0.3) is 38.8 Å². The Morgan fingerprint density at radius 2 is 1.74 bits per heavy atom. The van der Waals surface area contributed by atoms with Crippen molar-refractivity contribution in [2.45, 2.75) is 64.7 Å². The minimum absolute atomic E-state index is 0.179. The average molecular weight is 943 g/mol. The predicted molar refractivity (Wildman–Crippen MR) is 279 cm³/mol. The molecule has 1 amide bonds. The maximum Gasteiger partial charge on any atom is 0.252 e. The molecule has 0 bridgehead atoms. The molecule has 0 unspecified atom stereocenters. The number of methoxy groups -OCH3 is 1. The fourth-order valence-electron chi connectivity index (χ4n) is 9.50. The number of benzene rings is 3. The topological polar surface area (TPSA) is 176 Å². The molecule has 362 valence electrons. The molecular weight excluding hydrogens is 881 g/mol. The number of anilines is 6. The first-order chi connectivity index (χ1) is 33.8. The Labute approximate surface area is 407 Å². The molecule has 1 aliphatic carbocycles. The normalized spacial score (nSPS) is 16.1. The summed E-state index contributed by atoms with van der Waals surface area (Å²) < 4.78 is 11.9. The van der Waals surface area contributed by atoms with E-state index in [1.807, 2.05) is 86.8 Å². The first-order valence-electron chi connectivity index (χ1n) is 24.0. The molecule has 5 aromatic heterocycles. The number of piperazine rings is 1. The van der Waals surface area contributed by atoms with Gasteiger partial charge in [0, 0.05) is 98.4 Å². The Morgan fingerprint density at radius 3 is 2.51 bits per heavy atom. The van der Waals surface area contributed by atoms with Gasteiger partial charge in [-0.2, -0.15) is 19.6 Å². The van der Waals surface area contributed by atoms with Crippen molar-refractivity contribution in [2.24, 2.45) is 7.05 Å². The van der Waals surface area contributed by atoms with Gasteiger partial charge in [0.2, 0.25) is 17.8 Å². The highest BCUT2D eigenvalue weighted by molar-refractivity contribution is 6.06. The summed E-state index contributed by atoms with van der Waals surface area (Å²) in [4.78, 5) is 45.8. The van der Waals surface area contributed by atoms with E-state index in [4.69, 9.17) is 29.8 Å². The monoisotopic (exact) mass is 943 g/mol. The second-order valence-corrected chi connectivity index (χ2v) is 19.2. The van der Waals surface area contributed by atoms with Crippen molar-refractivity contribution in [3.63, 3.8) is 0 Å². The van der Waals surface area contributed by atoms with Gasteiger partial charge in [-0.3, -0.25) is 4.79 Å². The lowest BCUT2D eigenvalue weighted by Crippen LogP contribution is -2.54. The van der Waals surface area contributed by atoms with Gasteiger partial charge in [-0.15, -0.1) is 0 Å². The number of hydrogen-bond donors (Lipinski definition) is 4. The van der Waals surface area contributed by atoms with Gasteiger partial charge >= 0.3 is 0 Å². The van der Waals surface area contributed by atoms with Crippen molar-refractivity contribution in [1.29, 1.82) is 0 Å². The van der Waals surface area contributed by atoms with Crippen LogP contribution in [0.5, 0.6) is 5.75 Å². The van der Waals surface area contributed by atoms with Crippen LogP contribution in [-0.4, -0.2) is 121 Å². The number of rotatable bonds is 17. The number of carbonyl (C=O) groups excluding carboxylic acids is 1. The Bertz CT molecular complexity index is 3250. The van der Waals surface area contributed by atoms with Gasteiger partial charge in [-0.25, -0.2) is 15.0 Å². The first kappa shape index (κ1) is 46.2. The van der Waals surface area contributed by atoms with Crippen LogP contribution in [0, 0.1) is 6.92 Å². The third-order valence-corrected chi connectivity index (χ3v) is 13.2. The van der Waals surface area contributed by atoms with Crippen LogP contribution in [0.15, 0.2) is 91.4 Å². The zero-order valence-electron chi connectivity index (χ0n) is 41.3. The fourth-order valence-corrected chi connectivity index (χ4v) is 9.50. The van der Waals surface area contributed by atoms with Crippen molar-refractivity contribution in [3.05, 3.63) is 108 Å².